The fourth-order valence-corrected chi connectivity index (χ4v) is 1.86. The van der Waals surface area contributed by atoms with Crippen LogP contribution in [-0.2, 0) is 0 Å². The highest BCUT2D eigenvalue weighted by atomic mass is 35.5. The Labute approximate surface area is 108 Å². The lowest BCUT2D eigenvalue weighted by Crippen LogP contribution is -2.19. The summed E-state index contributed by atoms with van der Waals surface area (Å²) in [6.45, 7) is 0. The lowest BCUT2D eigenvalue weighted by Gasteiger charge is -2.15. The van der Waals surface area contributed by atoms with Crippen LogP contribution in [0.1, 0.15) is 11.7 Å². The largest absolute Gasteiger partial charge is 0.389 e. The summed E-state index contributed by atoms with van der Waals surface area (Å²) >= 11 is 5.49. The van der Waals surface area contributed by atoms with E-state index in [9.17, 15) is 14.6 Å². The van der Waals surface area contributed by atoms with Crippen LogP contribution in [0.15, 0.2) is 30.5 Å². The minimum Gasteiger partial charge on any atom is -0.389 e. The Kier molecular flexibility index (Phi) is 3.96. The number of H-pyrrole nitrogens is 1. The first-order valence-corrected chi connectivity index (χ1v) is 5.88. The number of alkyl halides is 1. The van der Waals surface area contributed by atoms with E-state index < -0.39 is 12.2 Å². The van der Waals surface area contributed by atoms with Gasteiger partial charge in [0.15, 0.2) is 0 Å². The van der Waals surface area contributed by atoms with Crippen molar-refractivity contribution in [2.75, 3.05) is 5.88 Å². The summed E-state index contributed by atoms with van der Waals surface area (Å²) in [6, 6.07) is 5.87. The maximum atomic E-state index is 13.1. The second-order valence-electron chi connectivity index (χ2n) is 3.88. The van der Waals surface area contributed by atoms with E-state index in [0.29, 0.717) is 16.8 Å². The molecular weight excluding hydrogens is 259 g/mol. The van der Waals surface area contributed by atoms with Crippen molar-refractivity contribution in [3.63, 3.8) is 0 Å². The smallest absolute Gasteiger partial charge is 0.123 e. The number of hydrogen-bond donors (Lipinski definition) is 3. The monoisotopic (exact) mass is 270 g/mol. The lowest BCUT2D eigenvalue weighted by molar-refractivity contribution is 0.0331. The van der Waals surface area contributed by atoms with Gasteiger partial charge in [-0.1, -0.05) is 12.1 Å². The van der Waals surface area contributed by atoms with E-state index in [0.717, 1.165) is 0 Å². The molecule has 0 bridgehead atoms. The molecule has 0 spiro atoms. The summed E-state index contributed by atoms with van der Waals surface area (Å²) in [7, 11) is 0. The Morgan fingerprint density at radius 2 is 2.17 bits per heavy atom. The van der Waals surface area contributed by atoms with Gasteiger partial charge in [-0.2, -0.15) is 5.10 Å². The van der Waals surface area contributed by atoms with Gasteiger partial charge in [0.2, 0.25) is 0 Å². The fraction of sp³-hybridized carbons (Fsp3) is 0.250. The van der Waals surface area contributed by atoms with Gasteiger partial charge in [0.05, 0.1) is 23.9 Å². The maximum Gasteiger partial charge on any atom is 0.123 e. The number of aliphatic hydroxyl groups is 2. The van der Waals surface area contributed by atoms with Gasteiger partial charge in [0.1, 0.15) is 11.9 Å². The summed E-state index contributed by atoms with van der Waals surface area (Å²) in [5, 5.41) is 25.9. The number of benzene rings is 1. The van der Waals surface area contributed by atoms with Crippen LogP contribution < -0.4 is 0 Å². The van der Waals surface area contributed by atoms with Crippen molar-refractivity contribution >= 4 is 11.6 Å². The highest BCUT2D eigenvalue weighted by Crippen LogP contribution is 2.28. The molecule has 3 N–H and O–H groups in total. The van der Waals surface area contributed by atoms with Crippen molar-refractivity contribution in [3.05, 3.63) is 41.8 Å². The SMILES string of the molecule is OC(CCl)C(O)c1cn[nH]c1-c1cccc(F)c1. The van der Waals surface area contributed by atoms with E-state index in [4.69, 9.17) is 11.6 Å². The van der Waals surface area contributed by atoms with E-state index in [2.05, 4.69) is 10.2 Å². The van der Waals surface area contributed by atoms with Gasteiger partial charge in [-0.25, -0.2) is 4.39 Å². The summed E-state index contributed by atoms with van der Waals surface area (Å²) in [5.41, 5.74) is 1.39. The van der Waals surface area contributed by atoms with Gasteiger partial charge in [0, 0.05) is 11.1 Å². The second kappa shape index (κ2) is 5.48. The Balaban J connectivity index is 2.39. The molecule has 2 unspecified atom stereocenters. The number of hydrogen-bond acceptors (Lipinski definition) is 3. The van der Waals surface area contributed by atoms with E-state index in [-0.39, 0.29) is 11.7 Å². The van der Waals surface area contributed by atoms with E-state index >= 15 is 0 Å². The van der Waals surface area contributed by atoms with E-state index in [1.54, 1.807) is 12.1 Å². The number of aromatic amines is 1. The first-order chi connectivity index (χ1) is 8.63. The summed E-state index contributed by atoms with van der Waals surface area (Å²) in [6.07, 6.45) is -0.878. The van der Waals surface area contributed by atoms with Crippen molar-refractivity contribution < 1.29 is 14.6 Å². The van der Waals surface area contributed by atoms with Gasteiger partial charge in [-0.3, -0.25) is 5.10 Å². The maximum absolute atomic E-state index is 13.1. The number of nitrogens with zero attached hydrogens (tertiary/aromatic N) is 1. The second-order valence-corrected chi connectivity index (χ2v) is 4.19. The molecule has 1 aromatic carbocycles. The van der Waals surface area contributed by atoms with Gasteiger partial charge in [0.25, 0.3) is 0 Å². The van der Waals surface area contributed by atoms with Crippen molar-refractivity contribution in [2.45, 2.75) is 12.2 Å². The molecule has 0 fully saturated rings. The molecule has 0 radical (unpaired) electrons. The molecule has 2 rings (SSSR count). The number of halogens is 2. The molecule has 1 aromatic heterocycles. The molecule has 2 aromatic rings. The third kappa shape index (κ3) is 2.53. The first kappa shape index (κ1) is 13.0. The standard InChI is InChI=1S/C12H12ClFN2O2/c13-5-10(17)12(18)9-6-15-16-11(9)7-2-1-3-8(14)4-7/h1-4,6,10,12,17-18H,5H2,(H,15,16). The Morgan fingerprint density at radius 1 is 1.39 bits per heavy atom. The molecule has 0 aliphatic carbocycles. The number of nitrogens with one attached hydrogen (secondary N) is 1. The number of aromatic nitrogens is 2. The molecule has 18 heavy (non-hydrogen) atoms. The minimum atomic E-state index is -1.17. The van der Waals surface area contributed by atoms with Crippen LogP contribution in [0.4, 0.5) is 4.39 Å². The lowest BCUT2D eigenvalue weighted by atomic mass is 10.0. The summed E-state index contributed by atoms with van der Waals surface area (Å²) in [4.78, 5) is 0. The zero-order valence-electron chi connectivity index (χ0n) is 9.35. The Morgan fingerprint density at radius 3 is 2.83 bits per heavy atom. The topological polar surface area (TPSA) is 69.1 Å². The molecule has 96 valence electrons. The van der Waals surface area contributed by atoms with Crippen LogP contribution in [0, 0.1) is 5.82 Å². The third-order valence-electron chi connectivity index (χ3n) is 2.62. The minimum absolute atomic E-state index is 0.102. The molecule has 0 aliphatic heterocycles. The van der Waals surface area contributed by atoms with Crippen molar-refractivity contribution in [2.24, 2.45) is 0 Å². The Hall–Kier alpha value is -1.43. The predicted molar refractivity (Wildman–Crippen MR) is 65.7 cm³/mol. The van der Waals surface area contributed by atoms with Crippen LogP contribution in [0.25, 0.3) is 11.3 Å². The van der Waals surface area contributed by atoms with Crippen LogP contribution in [0.2, 0.25) is 0 Å². The molecule has 4 nitrogen and oxygen atoms in total. The van der Waals surface area contributed by atoms with Gasteiger partial charge in [-0.05, 0) is 12.1 Å². The zero-order valence-corrected chi connectivity index (χ0v) is 10.1. The normalized spacial score (nSPS) is 14.4. The highest BCUT2D eigenvalue weighted by Gasteiger charge is 2.22. The molecule has 6 heteroatoms. The molecule has 0 saturated carbocycles. The van der Waals surface area contributed by atoms with Crippen LogP contribution in [0.3, 0.4) is 0 Å². The highest BCUT2D eigenvalue weighted by molar-refractivity contribution is 6.18. The van der Waals surface area contributed by atoms with Crippen LogP contribution >= 0.6 is 11.6 Å². The summed E-state index contributed by atoms with van der Waals surface area (Å²) < 4.78 is 13.1. The quantitative estimate of drug-likeness (QED) is 0.743. The van der Waals surface area contributed by atoms with Gasteiger partial charge < -0.3 is 10.2 Å². The Bertz CT molecular complexity index is 532. The zero-order chi connectivity index (χ0) is 13.1. The number of rotatable bonds is 4. The fourth-order valence-electron chi connectivity index (χ4n) is 1.69. The number of aliphatic hydroxyl groups excluding tert-OH is 2. The predicted octanol–water partition coefficient (Wildman–Crippen LogP) is 1.85. The molecule has 0 saturated heterocycles. The van der Waals surface area contributed by atoms with Crippen molar-refractivity contribution in [3.8, 4) is 11.3 Å². The van der Waals surface area contributed by atoms with E-state index in [1.165, 1.54) is 18.3 Å². The average molecular weight is 271 g/mol. The van der Waals surface area contributed by atoms with Crippen molar-refractivity contribution in [1.29, 1.82) is 0 Å². The van der Waals surface area contributed by atoms with E-state index in [1.807, 2.05) is 0 Å². The molecule has 0 aliphatic rings. The molecular formula is C12H12ClFN2O2. The van der Waals surface area contributed by atoms with Gasteiger partial charge >= 0.3 is 0 Å². The van der Waals surface area contributed by atoms with Crippen LogP contribution in [0.5, 0.6) is 0 Å². The molecule has 1 heterocycles. The average Bonchev–Trinajstić information content (AvgIpc) is 2.86. The molecule has 2 atom stereocenters. The summed E-state index contributed by atoms with van der Waals surface area (Å²) in [5.74, 6) is -0.491. The van der Waals surface area contributed by atoms with Gasteiger partial charge in [-0.15, -0.1) is 11.6 Å². The van der Waals surface area contributed by atoms with Crippen LogP contribution in [-0.4, -0.2) is 32.4 Å². The first-order valence-electron chi connectivity index (χ1n) is 5.34. The third-order valence-corrected chi connectivity index (χ3v) is 2.94. The van der Waals surface area contributed by atoms with Crippen molar-refractivity contribution in [1.82, 2.24) is 10.2 Å². The molecule has 0 amide bonds.